The third-order valence-electron chi connectivity index (χ3n) is 3.29. The first kappa shape index (κ1) is 14.0. The molecular formula is C14H18N6S. The summed E-state index contributed by atoms with van der Waals surface area (Å²) in [5.41, 5.74) is 0. The summed E-state index contributed by atoms with van der Waals surface area (Å²) in [6, 6.07) is 4.31. The highest BCUT2D eigenvalue weighted by molar-refractivity contribution is 7.10. The molecule has 6 nitrogen and oxygen atoms in total. The second-order valence-corrected chi connectivity index (χ2v) is 5.86. The molecular weight excluding hydrogens is 284 g/mol. The summed E-state index contributed by atoms with van der Waals surface area (Å²) in [6.45, 7) is 0.805. The smallest absolute Gasteiger partial charge is 0.151 e. The van der Waals surface area contributed by atoms with Crippen LogP contribution in [0.1, 0.15) is 22.6 Å². The van der Waals surface area contributed by atoms with Gasteiger partial charge in [0.2, 0.25) is 0 Å². The van der Waals surface area contributed by atoms with Gasteiger partial charge in [0.1, 0.15) is 18.2 Å². The summed E-state index contributed by atoms with van der Waals surface area (Å²) in [7, 11) is 3.90. The number of aromatic nitrogens is 5. The van der Waals surface area contributed by atoms with Gasteiger partial charge in [0, 0.05) is 44.3 Å². The zero-order chi connectivity index (χ0) is 14.7. The third kappa shape index (κ3) is 3.20. The van der Waals surface area contributed by atoms with Crippen molar-refractivity contribution in [2.24, 2.45) is 14.1 Å². The quantitative estimate of drug-likeness (QED) is 0.750. The summed E-state index contributed by atoms with van der Waals surface area (Å²) < 4.78 is 3.78. The molecule has 3 rings (SSSR count). The van der Waals surface area contributed by atoms with Crippen LogP contribution in [0.3, 0.4) is 0 Å². The lowest BCUT2D eigenvalue weighted by molar-refractivity contribution is 0.560. The van der Waals surface area contributed by atoms with Crippen molar-refractivity contribution in [3.63, 3.8) is 0 Å². The van der Waals surface area contributed by atoms with Gasteiger partial charge in [0.25, 0.3) is 0 Å². The van der Waals surface area contributed by atoms with Gasteiger partial charge in [-0.25, -0.2) is 9.97 Å². The Labute approximate surface area is 127 Å². The molecule has 0 spiro atoms. The molecule has 0 bridgehead atoms. The van der Waals surface area contributed by atoms with Crippen LogP contribution in [0, 0.1) is 0 Å². The van der Waals surface area contributed by atoms with E-state index in [4.69, 9.17) is 0 Å². The Bertz CT molecular complexity index is 684. The summed E-state index contributed by atoms with van der Waals surface area (Å²) in [5.74, 6) is 1.88. The van der Waals surface area contributed by atoms with Crippen molar-refractivity contribution in [3.8, 4) is 0 Å². The van der Waals surface area contributed by atoms with Gasteiger partial charge in [0.15, 0.2) is 5.82 Å². The minimum Gasteiger partial charge on any atom is -0.336 e. The highest BCUT2D eigenvalue weighted by atomic mass is 32.1. The molecule has 0 aliphatic rings. The van der Waals surface area contributed by atoms with E-state index >= 15 is 0 Å². The Morgan fingerprint density at radius 2 is 2.24 bits per heavy atom. The minimum atomic E-state index is 0.105. The zero-order valence-corrected chi connectivity index (χ0v) is 12.9. The lowest BCUT2D eigenvalue weighted by Gasteiger charge is -2.17. The highest BCUT2D eigenvalue weighted by Gasteiger charge is 2.18. The van der Waals surface area contributed by atoms with Crippen molar-refractivity contribution in [2.45, 2.75) is 12.5 Å². The van der Waals surface area contributed by atoms with Gasteiger partial charge in [-0.1, -0.05) is 6.07 Å². The number of hydrogen-bond acceptors (Lipinski definition) is 5. The molecule has 110 valence electrons. The van der Waals surface area contributed by atoms with Crippen LogP contribution in [0.15, 0.2) is 36.2 Å². The lowest BCUT2D eigenvalue weighted by atomic mass is 10.2. The van der Waals surface area contributed by atoms with Gasteiger partial charge in [-0.2, -0.15) is 5.10 Å². The fourth-order valence-corrected chi connectivity index (χ4v) is 3.05. The van der Waals surface area contributed by atoms with Crippen molar-refractivity contribution >= 4 is 11.3 Å². The first-order chi connectivity index (χ1) is 10.2. The first-order valence-corrected chi connectivity index (χ1v) is 7.70. The monoisotopic (exact) mass is 302 g/mol. The molecule has 0 saturated carbocycles. The Morgan fingerprint density at radius 1 is 1.33 bits per heavy atom. The van der Waals surface area contributed by atoms with Crippen molar-refractivity contribution < 1.29 is 0 Å². The SMILES string of the molecule is Cn1cnc(CCNC(c2cccs2)c2nccn2C)n1. The maximum atomic E-state index is 4.47. The van der Waals surface area contributed by atoms with Gasteiger partial charge in [-0.15, -0.1) is 11.3 Å². The second kappa shape index (κ2) is 6.19. The van der Waals surface area contributed by atoms with E-state index in [0.717, 1.165) is 24.6 Å². The molecule has 1 N–H and O–H groups in total. The van der Waals surface area contributed by atoms with E-state index < -0.39 is 0 Å². The Balaban J connectivity index is 1.70. The number of imidazole rings is 1. The van der Waals surface area contributed by atoms with E-state index in [-0.39, 0.29) is 6.04 Å². The van der Waals surface area contributed by atoms with Gasteiger partial charge in [-0.05, 0) is 11.4 Å². The van der Waals surface area contributed by atoms with Crippen LogP contribution in [0.2, 0.25) is 0 Å². The van der Waals surface area contributed by atoms with Crippen LogP contribution in [-0.4, -0.2) is 30.9 Å². The van der Waals surface area contributed by atoms with E-state index in [2.05, 4.69) is 42.5 Å². The molecule has 0 saturated heterocycles. The van der Waals surface area contributed by atoms with Crippen LogP contribution < -0.4 is 5.32 Å². The van der Waals surface area contributed by atoms with E-state index in [1.807, 2.05) is 26.5 Å². The highest BCUT2D eigenvalue weighted by Crippen LogP contribution is 2.24. The van der Waals surface area contributed by atoms with Crippen LogP contribution in [0.25, 0.3) is 0 Å². The number of aryl methyl sites for hydroxylation is 2. The zero-order valence-electron chi connectivity index (χ0n) is 12.1. The molecule has 0 fully saturated rings. The Morgan fingerprint density at radius 3 is 2.86 bits per heavy atom. The Hall–Kier alpha value is -1.99. The van der Waals surface area contributed by atoms with Gasteiger partial charge < -0.3 is 9.88 Å². The summed E-state index contributed by atoms with van der Waals surface area (Å²) in [5, 5.41) is 9.95. The fraction of sp³-hybridized carbons (Fsp3) is 0.357. The predicted octanol–water partition coefficient (Wildman–Crippen LogP) is 1.53. The molecule has 7 heteroatoms. The topological polar surface area (TPSA) is 60.6 Å². The summed E-state index contributed by atoms with van der Waals surface area (Å²) in [4.78, 5) is 9.99. The van der Waals surface area contributed by atoms with E-state index in [1.165, 1.54) is 4.88 Å². The average molecular weight is 302 g/mol. The lowest BCUT2D eigenvalue weighted by Crippen LogP contribution is -2.26. The molecule has 3 aromatic heterocycles. The van der Waals surface area contributed by atoms with Crippen LogP contribution in [0.4, 0.5) is 0 Å². The van der Waals surface area contributed by atoms with Gasteiger partial charge in [-0.3, -0.25) is 4.68 Å². The average Bonchev–Trinajstić information content (AvgIpc) is 3.18. The number of nitrogens with zero attached hydrogens (tertiary/aromatic N) is 5. The molecule has 3 aromatic rings. The molecule has 0 aliphatic carbocycles. The predicted molar refractivity (Wildman–Crippen MR) is 82.1 cm³/mol. The largest absolute Gasteiger partial charge is 0.336 e. The molecule has 21 heavy (non-hydrogen) atoms. The van der Waals surface area contributed by atoms with E-state index in [9.17, 15) is 0 Å². The van der Waals surface area contributed by atoms with Crippen LogP contribution in [-0.2, 0) is 20.5 Å². The first-order valence-electron chi connectivity index (χ1n) is 6.82. The molecule has 0 aromatic carbocycles. The van der Waals surface area contributed by atoms with Crippen LogP contribution >= 0.6 is 11.3 Å². The molecule has 0 radical (unpaired) electrons. The van der Waals surface area contributed by atoms with Crippen molar-refractivity contribution in [1.82, 2.24) is 29.6 Å². The standard InChI is InChI=1S/C14H18N6S/c1-19-8-7-16-14(19)13(11-4-3-9-21-11)15-6-5-12-17-10-20(2)18-12/h3-4,7-10,13,15H,5-6H2,1-2H3. The number of rotatable bonds is 6. The fourth-order valence-electron chi connectivity index (χ4n) is 2.26. The molecule has 0 aliphatic heterocycles. The van der Waals surface area contributed by atoms with E-state index in [1.54, 1.807) is 22.3 Å². The molecule has 0 amide bonds. The van der Waals surface area contributed by atoms with Crippen LogP contribution in [0.5, 0.6) is 0 Å². The van der Waals surface area contributed by atoms with Crippen molar-refractivity contribution in [1.29, 1.82) is 0 Å². The van der Waals surface area contributed by atoms with Crippen molar-refractivity contribution in [2.75, 3.05) is 6.54 Å². The van der Waals surface area contributed by atoms with Gasteiger partial charge >= 0.3 is 0 Å². The maximum absolute atomic E-state index is 4.47. The number of hydrogen-bond donors (Lipinski definition) is 1. The second-order valence-electron chi connectivity index (χ2n) is 4.88. The summed E-state index contributed by atoms with van der Waals surface area (Å²) in [6.07, 6.45) is 6.33. The molecule has 1 atom stereocenters. The number of nitrogens with one attached hydrogen (secondary N) is 1. The normalized spacial score (nSPS) is 12.7. The van der Waals surface area contributed by atoms with Crippen molar-refractivity contribution in [3.05, 3.63) is 52.8 Å². The summed E-state index contributed by atoms with van der Waals surface area (Å²) >= 11 is 1.74. The number of thiophene rings is 1. The molecule has 3 heterocycles. The minimum absolute atomic E-state index is 0.105. The third-order valence-corrected chi connectivity index (χ3v) is 4.23. The van der Waals surface area contributed by atoms with Gasteiger partial charge in [0.05, 0.1) is 0 Å². The maximum Gasteiger partial charge on any atom is 0.151 e. The molecule has 1 unspecified atom stereocenters. The van der Waals surface area contributed by atoms with E-state index in [0.29, 0.717) is 0 Å². The Kier molecular flexibility index (Phi) is 4.12.